The van der Waals surface area contributed by atoms with E-state index in [0.717, 1.165) is 32.5 Å². The number of rotatable bonds is 7. The molecule has 5 nitrogen and oxygen atoms in total. The molecule has 1 unspecified atom stereocenters. The van der Waals surface area contributed by atoms with Crippen molar-refractivity contribution in [1.29, 1.82) is 0 Å². The monoisotopic (exact) mass is 293 g/mol. The molecule has 0 amide bonds. The molecular weight excluding hydrogens is 270 g/mol. The summed E-state index contributed by atoms with van der Waals surface area (Å²) in [5.41, 5.74) is 0.580. The highest BCUT2D eigenvalue weighted by molar-refractivity contribution is 5.76. The maximum Gasteiger partial charge on any atom is 0.161 e. The van der Waals surface area contributed by atoms with Gasteiger partial charge in [0.05, 0.1) is 13.2 Å². The first-order valence-electron chi connectivity index (χ1n) is 7.45. The van der Waals surface area contributed by atoms with E-state index >= 15 is 0 Å². The Bertz CT molecular complexity index is 464. The van der Waals surface area contributed by atoms with Gasteiger partial charge in [0.1, 0.15) is 19.0 Å². The van der Waals surface area contributed by atoms with E-state index in [2.05, 4.69) is 11.8 Å². The third-order valence-corrected chi connectivity index (χ3v) is 3.50. The molecule has 1 aliphatic rings. The molecule has 1 fully saturated rings. The summed E-state index contributed by atoms with van der Waals surface area (Å²) in [7, 11) is 0. The summed E-state index contributed by atoms with van der Waals surface area (Å²) in [6, 6.07) is 5.20. The van der Waals surface area contributed by atoms with E-state index in [4.69, 9.17) is 14.2 Å². The molecule has 1 aromatic rings. The number of likely N-dealkylation sites (N-methyl/N-ethyl adjacent to an activating group) is 1. The maximum atomic E-state index is 10.8. The van der Waals surface area contributed by atoms with Crippen molar-refractivity contribution >= 4 is 6.29 Å². The maximum absolute atomic E-state index is 10.8. The van der Waals surface area contributed by atoms with Gasteiger partial charge in [-0.05, 0) is 31.7 Å². The van der Waals surface area contributed by atoms with E-state index in [1.165, 1.54) is 0 Å². The van der Waals surface area contributed by atoms with Crippen LogP contribution >= 0.6 is 0 Å². The Balaban J connectivity index is 1.97. The van der Waals surface area contributed by atoms with Gasteiger partial charge in [-0.25, -0.2) is 0 Å². The fourth-order valence-electron chi connectivity index (χ4n) is 2.34. The molecule has 0 aromatic heterocycles. The minimum Gasteiger partial charge on any atom is -0.490 e. The molecule has 0 saturated carbocycles. The van der Waals surface area contributed by atoms with Crippen molar-refractivity contribution in [3.8, 4) is 11.5 Å². The number of hydrogen-bond donors (Lipinski definition) is 0. The highest BCUT2D eigenvalue weighted by Gasteiger charge is 2.20. The van der Waals surface area contributed by atoms with Gasteiger partial charge >= 0.3 is 0 Å². The predicted molar refractivity (Wildman–Crippen MR) is 80.3 cm³/mol. The Kier molecular flexibility index (Phi) is 6.02. The fourth-order valence-corrected chi connectivity index (χ4v) is 2.34. The number of benzene rings is 1. The van der Waals surface area contributed by atoms with E-state index < -0.39 is 0 Å². The molecule has 116 valence electrons. The summed E-state index contributed by atoms with van der Waals surface area (Å²) in [6.45, 7) is 8.69. The van der Waals surface area contributed by atoms with Gasteiger partial charge in [-0.3, -0.25) is 9.69 Å². The van der Waals surface area contributed by atoms with E-state index in [0.29, 0.717) is 30.3 Å². The Morgan fingerprint density at radius 1 is 1.33 bits per heavy atom. The summed E-state index contributed by atoms with van der Waals surface area (Å²) in [6.07, 6.45) is 0.870. The first-order chi connectivity index (χ1) is 10.3. The van der Waals surface area contributed by atoms with Crippen molar-refractivity contribution in [2.45, 2.75) is 20.0 Å². The van der Waals surface area contributed by atoms with Gasteiger partial charge in [0.25, 0.3) is 0 Å². The van der Waals surface area contributed by atoms with Gasteiger partial charge in [-0.1, -0.05) is 6.92 Å². The van der Waals surface area contributed by atoms with Crippen molar-refractivity contribution in [1.82, 2.24) is 4.90 Å². The Morgan fingerprint density at radius 3 is 2.90 bits per heavy atom. The standard InChI is InChI=1S/C16H23NO4/c1-3-17-7-8-20-14(10-17)12-21-15-6-5-13(11-18)9-16(15)19-4-2/h5-6,9,11,14H,3-4,7-8,10,12H2,1-2H3. The second-order valence-corrected chi connectivity index (χ2v) is 4.95. The number of carbonyl (C=O) groups is 1. The summed E-state index contributed by atoms with van der Waals surface area (Å²) >= 11 is 0. The molecule has 1 atom stereocenters. The molecule has 0 bridgehead atoms. The van der Waals surface area contributed by atoms with Crippen LogP contribution in [0.5, 0.6) is 11.5 Å². The lowest BCUT2D eigenvalue weighted by Gasteiger charge is -2.31. The molecule has 1 aromatic carbocycles. The van der Waals surface area contributed by atoms with Crippen LogP contribution in [0, 0.1) is 0 Å². The Labute approximate surface area is 125 Å². The molecule has 2 rings (SSSR count). The van der Waals surface area contributed by atoms with Gasteiger partial charge < -0.3 is 14.2 Å². The van der Waals surface area contributed by atoms with Crippen molar-refractivity contribution in [2.75, 3.05) is 39.5 Å². The molecule has 0 N–H and O–H groups in total. The lowest BCUT2D eigenvalue weighted by molar-refractivity contribution is -0.0467. The van der Waals surface area contributed by atoms with E-state index in [1.807, 2.05) is 6.92 Å². The lowest BCUT2D eigenvalue weighted by atomic mass is 10.2. The zero-order valence-electron chi connectivity index (χ0n) is 12.7. The predicted octanol–water partition coefficient (Wildman–Crippen LogP) is 2.00. The number of ether oxygens (including phenoxy) is 3. The number of morpholine rings is 1. The molecule has 1 aliphatic heterocycles. The summed E-state index contributed by atoms with van der Waals surface area (Å²) in [5.74, 6) is 1.25. The van der Waals surface area contributed by atoms with Gasteiger partial charge in [-0.15, -0.1) is 0 Å². The third-order valence-electron chi connectivity index (χ3n) is 3.50. The molecule has 0 aliphatic carbocycles. The van der Waals surface area contributed by atoms with Gasteiger partial charge in [-0.2, -0.15) is 0 Å². The van der Waals surface area contributed by atoms with Crippen LogP contribution in [-0.2, 0) is 4.74 Å². The molecular formula is C16H23NO4. The first kappa shape index (κ1) is 15.8. The normalized spacial score (nSPS) is 19.2. The number of hydrogen-bond acceptors (Lipinski definition) is 5. The van der Waals surface area contributed by atoms with Crippen LogP contribution in [0.1, 0.15) is 24.2 Å². The quantitative estimate of drug-likeness (QED) is 0.720. The summed E-state index contributed by atoms with van der Waals surface area (Å²) in [4.78, 5) is 13.2. The SMILES string of the molecule is CCOc1cc(C=O)ccc1OCC1CN(CC)CCO1. The van der Waals surface area contributed by atoms with E-state index in [-0.39, 0.29) is 6.10 Å². The number of aldehydes is 1. The average molecular weight is 293 g/mol. The summed E-state index contributed by atoms with van der Waals surface area (Å²) < 4.78 is 17.1. The summed E-state index contributed by atoms with van der Waals surface area (Å²) in [5, 5.41) is 0. The number of carbonyl (C=O) groups excluding carboxylic acids is 1. The van der Waals surface area contributed by atoms with Crippen LogP contribution < -0.4 is 9.47 Å². The molecule has 1 heterocycles. The van der Waals surface area contributed by atoms with E-state index in [9.17, 15) is 4.79 Å². The van der Waals surface area contributed by atoms with Crippen LogP contribution in [-0.4, -0.2) is 56.7 Å². The minimum atomic E-state index is 0.0684. The molecule has 5 heteroatoms. The third kappa shape index (κ3) is 4.44. The van der Waals surface area contributed by atoms with Crippen molar-refractivity contribution in [3.05, 3.63) is 23.8 Å². The largest absolute Gasteiger partial charge is 0.490 e. The second kappa shape index (κ2) is 8.00. The van der Waals surface area contributed by atoms with Crippen LogP contribution in [0.3, 0.4) is 0 Å². The Hall–Kier alpha value is -1.59. The average Bonchev–Trinajstić information content (AvgIpc) is 2.54. The van der Waals surface area contributed by atoms with Crippen molar-refractivity contribution in [2.24, 2.45) is 0 Å². The number of nitrogens with zero attached hydrogens (tertiary/aromatic N) is 1. The van der Waals surface area contributed by atoms with Crippen LogP contribution in [0.2, 0.25) is 0 Å². The molecule has 21 heavy (non-hydrogen) atoms. The van der Waals surface area contributed by atoms with E-state index in [1.54, 1.807) is 18.2 Å². The smallest absolute Gasteiger partial charge is 0.161 e. The lowest BCUT2D eigenvalue weighted by Crippen LogP contribution is -2.44. The zero-order chi connectivity index (χ0) is 15.1. The highest BCUT2D eigenvalue weighted by Crippen LogP contribution is 2.28. The van der Waals surface area contributed by atoms with Crippen molar-refractivity contribution < 1.29 is 19.0 Å². The molecule has 0 radical (unpaired) electrons. The van der Waals surface area contributed by atoms with Gasteiger partial charge in [0.15, 0.2) is 11.5 Å². The topological polar surface area (TPSA) is 48.0 Å². The second-order valence-electron chi connectivity index (χ2n) is 4.95. The fraction of sp³-hybridized carbons (Fsp3) is 0.562. The van der Waals surface area contributed by atoms with Gasteiger partial charge in [0.2, 0.25) is 0 Å². The molecule has 0 spiro atoms. The van der Waals surface area contributed by atoms with Gasteiger partial charge in [0, 0.05) is 18.7 Å². The highest BCUT2D eigenvalue weighted by atomic mass is 16.5. The molecule has 1 saturated heterocycles. The first-order valence-corrected chi connectivity index (χ1v) is 7.45. The zero-order valence-corrected chi connectivity index (χ0v) is 12.7. The minimum absolute atomic E-state index is 0.0684. The van der Waals surface area contributed by atoms with Crippen LogP contribution in [0.25, 0.3) is 0 Å². The van der Waals surface area contributed by atoms with Crippen LogP contribution in [0.4, 0.5) is 0 Å². The Morgan fingerprint density at radius 2 is 2.19 bits per heavy atom. The van der Waals surface area contributed by atoms with Crippen LogP contribution in [0.15, 0.2) is 18.2 Å². The van der Waals surface area contributed by atoms with Crippen molar-refractivity contribution in [3.63, 3.8) is 0 Å².